The largest absolute Gasteiger partial charge is 0.394 e. The van der Waals surface area contributed by atoms with Crippen molar-refractivity contribution in [2.24, 2.45) is 0 Å². The van der Waals surface area contributed by atoms with E-state index in [4.69, 9.17) is 10.2 Å². The average Bonchev–Trinajstić information content (AvgIpc) is 2.37. The highest BCUT2D eigenvalue weighted by molar-refractivity contribution is 4.68. The van der Waals surface area contributed by atoms with Crippen LogP contribution in [0.1, 0.15) is 6.42 Å². The third-order valence-electron chi connectivity index (χ3n) is 1.29. The Morgan fingerprint density at radius 1 is 1.67 bits per heavy atom. The van der Waals surface area contributed by atoms with Crippen molar-refractivity contribution < 1.29 is 20.0 Å². The van der Waals surface area contributed by atoms with Crippen LogP contribution in [-0.2, 0) is 9.78 Å². The lowest BCUT2D eigenvalue weighted by Gasteiger charge is -2.10. The van der Waals surface area contributed by atoms with Gasteiger partial charge < -0.3 is 10.2 Å². The molecule has 0 aromatic heterocycles. The van der Waals surface area contributed by atoms with E-state index in [0.717, 1.165) is 0 Å². The van der Waals surface area contributed by atoms with Crippen molar-refractivity contribution in [3.8, 4) is 0 Å². The van der Waals surface area contributed by atoms with Gasteiger partial charge in [0.05, 0.1) is 13.2 Å². The Labute approximate surface area is 52.9 Å². The second kappa shape index (κ2) is 3.12. The number of aliphatic hydroxyl groups is 2. The smallest absolute Gasteiger partial charge is 0.123 e. The summed E-state index contributed by atoms with van der Waals surface area (Å²) in [4.78, 5) is 9.10. The van der Waals surface area contributed by atoms with Gasteiger partial charge in [0.2, 0.25) is 0 Å². The molecule has 0 aliphatic carbocycles. The Hall–Kier alpha value is -0.160. The predicted molar refractivity (Wildman–Crippen MR) is 28.5 cm³/mol. The Kier molecular flexibility index (Phi) is 2.41. The topological polar surface area (TPSA) is 58.9 Å². The summed E-state index contributed by atoms with van der Waals surface area (Å²) in [7, 11) is 0. The first-order valence-electron chi connectivity index (χ1n) is 2.92. The van der Waals surface area contributed by atoms with Gasteiger partial charge >= 0.3 is 0 Å². The predicted octanol–water partition coefficient (Wildman–Crippen LogP) is -0.940. The van der Waals surface area contributed by atoms with Crippen molar-refractivity contribution in [1.82, 2.24) is 0 Å². The van der Waals surface area contributed by atoms with Crippen LogP contribution in [0, 0.1) is 0 Å². The number of rotatable bonds is 2. The van der Waals surface area contributed by atoms with E-state index in [1.54, 1.807) is 0 Å². The molecular formula is C5H10O4. The van der Waals surface area contributed by atoms with Crippen LogP contribution in [-0.4, -0.2) is 35.6 Å². The van der Waals surface area contributed by atoms with Gasteiger partial charge in [-0.2, -0.15) is 0 Å². The van der Waals surface area contributed by atoms with Crippen LogP contribution in [0.2, 0.25) is 0 Å². The van der Waals surface area contributed by atoms with E-state index < -0.39 is 6.10 Å². The molecule has 2 atom stereocenters. The molecule has 1 fully saturated rings. The maximum Gasteiger partial charge on any atom is 0.123 e. The normalized spacial score (nSPS) is 30.7. The van der Waals surface area contributed by atoms with Crippen LogP contribution >= 0.6 is 0 Å². The van der Waals surface area contributed by atoms with Crippen molar-refractivity contribution in [2.75, 3.05) is 13.2 Å². The second-order valence-corrected chi connectivity index (χ2v) is 2.00. The van der Waals surface area contributed by atoms with Gasteiger partial charge in [0.15, 0.2) is 0 Å². The molecule has 0 bridgehead atoms. The van der Waals surface area contributed by atoms with Crippen molar-refractivity contribution in [1.29, 1.82) is 0 Å². The summed E-state index contributed by atoms with van der Waals surface area (Å²) in [6, 6.07) is 0. The van der Waals surface area contributed by atoms with Gasteiger partial charge in [-0.25, -0.2) is 9.78 Å². The van der Waals surface area contributed by atoms with Gasteiger partial charge in [0.1, 0.15) is 12.2 Å². The SMILES string of the molecule is OCC(O)C1CCOO1. The third-order valence-corrected chi connectivity index (χ3v) is 1.29. The first-order valence-corrected chi connectivity index (χ1v) is 2.92. The summed E-state index contributed by atoms with van der Waals surface area (Å²) >= 11 is 0. The van der Waals surface area contributed by atoms with E-state index in [-0.39, 0.29) is 12.7 Å². The van der Waals surface area contributed by atoms with E-state index >= 15 is 0 Å². The fourth-order valence-corrected chi connectivity index (χ4v) is 0.722. The molecule has 1 aliphatic heterocycles. The minimum absolute atomic E-state index is 0.270. The summed E-state index contributed by atoms with van der Waals surface area (Å²) in [5.74, 6) is 0. The van der Waals surface area contributed by atoms with Crippen molar-refractivity contribution in [3.63, 3.8) is 0 Å². The molecule has 1 aliphatic rings. The Morgan fingerprint density at radius 3 is 2.89 bits per heavy atom. The average molecular weight is 134 g/mol. The molecule has 0 aromatic rings. The van der Waals surface area contributed by atoms with Gasteiger partial charge in [-0.3, -0.25) is 0 Å². The van der Waals surface area contributed by atoms with Gasteiger partial charge in [0, 0.05) is 6.42 Å². The van der Waals surface area contributed by atoms with E-state index in [1.807, 2.05) is 0 Å². The summed E-state index contributed by atoms with van der Waals surface area (Å²) in [5.41, 5.74) is 0. The van der Waals surface area contributed by atoms with Gasteiger partial charge in [-0.15, -0.1) is 0 Å². The van der Waals surface area contributed by atoms with E-state index in [2.05, 4.69) is 9.78 Å². The molecule has 54 valence electrons. The highest BCUT2D eigenvalue weighted by Gasteiger charge is 2.24. The molecule has 0 spiro atoms. The van der Waals surface area contributed by atoms with Crippen LogP contribution in [0.5, 0.6) is 0 Å². The fourth-order valence-electron chi connectivity index (χ4n) is 0.722. The van der Waals surface area contributed by atoms with Gasteiger partial charge in [-0.05, 0) is 0 Å². The number of hydrogen-bond donors (Lipinski definition) is 2. The van der Waals surface area contributed by atoms with E-state index in [9.17, 15) is 0 Å². The summed E-state index contributed by atoms with van der Waals surface area (Å²) in [6.45, 7) is 0.232. The third kappa shape index (κ3) is 1.62. The maximum absolute atomic E-state index is 8.90. The fraction of sp³-hybridized carbons (Fsp3) is 1.00. The molecular weight excluding hydrogens is 124 g/mol. The molecule has 4 nitrogen and oxygen atoms in total. The van der Waals surface area contributed by atoms with Gasteiger partial charge in [0.25, 0.3) is 0 Å². The summed E-state index contributed by atoms with van der Waals surface area (Å²) in [5, 5.41) is 17.3. The van der Waals surface area contributed by atoms with Crippen molar-refractivity contribution in [2.45, 2.75) is 18.6 Å². The molecule has 4 heteroatoms. The van der Waals surface area contributed by atoms with Crippen LogP contribution in [0.15, 0.2) is 0 Å². The Balaban J connectivity index is 2.24. The van der Waals surface area contributed by atoms with Crippen LogP contribution in [0.4, 0.5) is 0 Å². The lowest BCUT2D eigenvalue weighted by Crippen LogP contribution is -2.28. The standard InChI is InChI=1S/C5H10O4/c6-3-4(7)5-1-2-8-9-5/h4-7H,1-3H2. The molecule has 0 amide bonds. The molecule has 0 aromatic carbocycles. The summed E-state index contributed by atoms with van der Waals surface area (Å²) < 4.78 is 0. The summed E-state index contributed by atoms with van der Waals surface area (Å²) in [6.07, 6.45) is -0.482. The molecule has 0 saturated carbocycles. The highest BCUT2D eigenvalue weighted by Crippen LogP contribution is 2.11. The lowest BCUT2D eigenvalue weighted by molar-refractivity contribution is -0.289. The molecule has 0 radical (unpaired) electrons. The molecule has 9 heavy (non-hydrogen) atoms. The maximum atomic E-state index is 8.90. The first kappa shape index (κ1) is 6.95. The molecule has 1 rings (SSSR count). The minimum Gasteiger partial charge on any atom is -0.394 e. The van der Waals surface area contributed by atoms with Crippen molar-refractivity contribution in [3.05, 3.63) is 0 Å². The highest BCUT2D eigenvalue weighted by atomic mass is 17.2. The number of hydrogen-bond acceptors (Lipinski definition) is 4. The minimum atomic E-state index is -0.799. The molecule has 1 heterocycles. The van der Waals surface area contributed by atoms with Crippen molar-refractivity contribution >= 4 is 0 Å². The lowest BCUT2D eigenvalue weighted by atomic mass is 10.2. The zero-order valence-electron chi connectivity index (χ0n) is 4.99. The van der Waals surface area contributed by atoms with Crippen LogP contribution < -0.4 is 0 Å². The molecule has 2 unspecified atom stereocenters. The second-order valence-electron chi connectivity index (χ2n) is 2.00. The van der Waals surface area contributed by atoms with Crippen LogP contribution in [0.25, 0.3) is 0 Å². The first-order chi connectivity index (χ1) is 4.34. The van der Waals surface area contributed by atoms with Gasteiger partial charge in [-0.1, -0.05) is 0 Å². The van der Waals surface area contributed by atoms with E-state index in [1.165, 1.54) is 0 Å². The number of aliphatic hydroxyl groups excluding tert-OH is 2. The molecule has 1 saturated heterocycles. The zero-order valence-corrected chi connectivity index (χ0v) is 4.99. The Morgan fingerprint density at radius 2 is 2.44 bits per heavy atom. The van der Waals surface area contributed by atoms with E-state index in [0.29, 0.717) is 13.0 Å². The monoisotopic (exact) mass is 134 g/mol. The Bertz CT molecular complexity index is 79.0. The van der Waals surface area contributed by atoms with Crippen LogP contribution in [0.3, 0.4) is 0 Å². The quantitative estimate of drug-likeness (QED) is 0.478. The molecule has 2 N–H and O–H groups in total. The zero-order chi connectivity index (χ0) is 6.69.